The van der Waals surface area contributed by atoms with Gasteiger partial charge in [0.05, 0.1) is 18.2 Å². The second-order valence-corrected chi connectivity index (χ2v) is 6.02. The number of rotatable bonds is 6. The van der Waals surface area contributed by atoms with E-state index in [-0.39, 0.29) is 5.91 Å². The Balaban J connectivity index is 2.25. The summed E-state index contributed by atoms with van der Waals surface area (Å²) in [6, 6.07) is 11.1. The highest BCUT2D eigenvalue weighted by molar-refractivity contribution is 9.10. The summed E-state index contributed by atoms with van der Waals surface area (Å²) in [5.41, 5.74) is 2.35. The minimum atomic E-state index is -0.198. The zero-order valence-electron chi connectivity index (χ0n) is 13.5. The molecule has 122 valence electrons. The van der Waals surface area contributed by atoms with Crippen molar-refractivity contribution in [1.82, 2.24) is 0 Å². The van der Waals surface area contributed by atoms with Gasteiger partial charge in [0.2, 0.25) is 0 Å². The molecule has 0 fully saturated rings. The normalized spacial score (nSPS) is 10.3. The molecule has 23 heavy (non-hydrogen) atoms. The van der Waals surface area contributed by atoms with Gasteiger partial charge in [-0.05, 0) is 59.1 Å². The van der Waals surface area contributed by atoms with Gasteiger partial charge in [0.15, 0.2) is 11.5 Å². The van der Waals surface area contributed by atoms with Crippen molar-refractivity contribution in [3.05, 3.63) is 52.0 Å². The Hall–Kier alpha value is -2.01. The van der Waals surface area contributed by atoms with Crippen LogP contribution in [0.1, 0.15) is 29.3 Å². The van der Waals surface area contributed by atoms with Crippen LogP contribution in [0.4, 0.5) is 5.69 Å². The highest BCUT2D eigenvalue weighted by Crippen LogP contribution is 2.37. The maximum atomic E-state index is 12.4. The smallest absolute Gasteiger partial charge is 0.255 e. The molecule has 0 bridgehead atoms. The van der Waals surface area contributed by atoms with Gasteiger partial charge in [0.25, 0.3) is 5.91 Å². The lowest BCUT2D eigenvalue weighted by molar-refractivity contribution is 0.102. The lowest BCUT2D eigenvalue weighted by Crippen LogP contribution is -2.12. The molecule has 0 aliphatic carbocycles. The summed E-state index contributed by atoms with van der Waals surface area (Å²) < 4.78 is 11.7. The molecule has 0 aromatic heterocycles. The molecule has 1 amide bonds. The number of carbonyl (C=O) groups is 1. The van der Waals surface area contributed by atoms with Crippen molar-refractivity contribution >= 4 is 27.5 Å². The Morgan fingerprint density at radius 1 is 1.26 bits per heavy atom. The van der Waals surface area contributed by atoms with E-state index in [0.717, 1.165) is 17.7 Å². The maximum absolute atomic E-state index is 12.4. The summed E-state index contributed by atoms with van der Waals surface area (Å²) in [5.74, 6) is 0.945. The molecule has 0 unspecified atom stereocenters. The van der Waals surface area contributed by atoms with Crippen LogP contribution < -0.4 is 14.8 Å². The summed E-state index contributed by atoms with van der Waals surface area (Å²) in [5, 5.41) is 2.88. The van der Waals surface area contributed by atoms with E-state index in [0.29, 0.717) is 28.1 Å². The van der Waals surface area contributed by atoms with Crippen LogP contribution in [0.25, 0.3) is 0 Å². The van der Waals surface area contributed by atoms with Crippen LogP contribution in [0.3, 0.4) is 0 Å². The van der Waals surface area contributed by atoms with Crippen molar-refractivity contribution in [2.75, 3.05) is 19.0 Å². The van der Waals surface area contributed by atoms with Crippen molar-refractivity contribution in [2.45, 2.75) is 20.3 Å². The molecule has 0 aliphatic heterocycles. The van der Waals surface area contributed by atoms with E-state index in [1.54, 1.807) is 19.2 Å². The number of hydrogen-bond acceptors (Lipinski definition) is 3. The molecule has 4 nitrogen and oxygen atoms in total. The third kappa shape index (κ3) is 4.48. The third-order valence-electron chi connectivity index (χ3n) is 3.22. The predicted octanol–water partition coefficient (Wildman–Crippen LogP) is 4.81. The fraction of sp³-hybridized carbons (Fsp3) is 0.278. The zero-order valence-corrected chi connectivity index (χ0v) is 15.1. The molecule has 0 saturated heterocycles. The van der Waals surface area contributed by atoms with E-state index in [4.69, 9.17) is 9.47 Å². The van der Waals surface area contributed by atoms with Crippen LogP contribution >= 0.6 is 15.9 Å². The number of aryl methyl sites for hydroxylation is 1. The maximum Gasteiger partial charge on any atom is 0.255 e. The van der Waals surface area contributed by atoms with Crippen molar-refractivity contribution < 1.29 is 14.3 Å². The van der Waals surface area contributed by atoms with Crippen LogP contribution in [0, 0.1) is 6.92 Å². The minimum Gasteiger partial charge on any atom is -0.493 e. The monoisotopic (exact) mass is 377 g/mol. The fourth-order valence-corrected chi connectivity index (χ4v) is 2.68. The molecule has 2 aromatic rings. The molecule has 1 N–H and O–H groups in total. The standard InChI is InChI=1S/C18H20BrNO3/c1-4-8-23-17-15(19)10-13(11-16(17)22-3)18(21)20-14-7-5-6-12(2)9-14/h5-7,9-11H,4,8H2,1-3H3,(H,20,21). The lowest BCUT2D eigenvalue weighted by Gasteiger charge is -2.14. The van der Waals surface area contributed by atoms with Gasteiger partial charge in [0.1, 0.15) is 0 Å². The number of hydrogen-bond donors (Lipinski definition) is 1. The largest absolute Gasteiger partial charge is 0.493 e. The van der Waals surface area contributed by atoms with E-state index < -0.39 is 0 Å². The molecule has 0 aliphatic rings. The summed E-state index contributed by atoms with van der Waals surface area (Å²) in [7, 11) is 1.56. The van der Waals surface area contributed by atoms with Crippen LogP contribution in [-0.4, -0.2) is 19.6 Å². The highest BCUT2D eigenvalue weighted by Gasteiger charge is 2.15. The third-order valence-corrected chi connectivity index (χ3v) is 3.81. The molecule has 0 spiro atoms. The fourth-order valence-electron chi connectivity index (χ4n) is 2.12. The van der Waals surface area contributed by atoms with Crippen LogP contribution in [0.5, 0.6) is 11.5 Å². The van der Waals surface area contributed by atoms with Crippen molar-refractivity contribution in [3.8, 4) is 11.5 Å². The molecular weight excluding hydrogens is 358 g/mol. The number of carbonyl (C=O) groups excluding carboxylic acids is 1. The minimum absolute atomic E-state index is 0.198. The van der Waals surface area contributed by atoms with E-state index in [1.165, 1.54) is 0 Å². The van der Waals surface area contributed by atoms with Crippen LogP contribution in [0.2, 0.25) is 0 Å². The van der Waals surface area contributed by atoms with Crippen molar-refractivity contribution in [1.29, 1.82) is 0 Å². The van der Waals surface area contributed by atoms with Crippen LogP contribution in [0.15, 0.2) is 40.9 Å². The molecule has 0 saturated carbocycles. The Kier molecular flexibility index (Phi) is 6.04. The SMILES string of the molecule is CCCOc1c(Br)cc(C(=O)Nc2cccc(C)c2)cc1OC. The second-order valence-electron chi connectivity index (χ2n) is 5.16. The molecule has 0 atom stereocenters. The number of methoxy groups -OCH3 is 1. The first-order chi connectivity index (χ1) is 11.0. The Morgan fingerprint density at radius 3 is 2.70 bits per heavy atom. The van der Waals surface area contributed by atoms with Crippen LogP contribution in [-0.2, 0) is 0 Å². The molecule has 0 radical (unpaired) electrons. The number of anilines is 1. The number of amides is 1. The number of ether oxygens (including phenoxy) is 2. The van der Waals surface area contributed by atoms with Gasteiger partial charge >= 0.3 is 0 Å². The van der Waals surface area contributed by atoms with Gasteiger partial charge in [0, 0.05) is 11.3 Å². The van der Waals surface area contributed by atoms with Crippen molar-refractivity contribution in [2.24, 2.45) is 0 Å². The Labute approximate surface area is 144 Å². The average molecular weight is 378 g/mol. The molecule has 0 heterocycles. The highest BCUT2D eigenvalue weighted by atomic mass is 79.9. The quantitative estimate of drug-likeness (QED) is 0.785. The second kappa shape index (κ2) is 8.02. The van der Waals surface area contributed by atoms with Crippen molar-refractivity contribution in [3.63, 3.8) is 0 Å². The summed E-state index contributed by atoms with van der Waals surface area (Å²) in [4.78, 5) is 12.4. The Bertz CT molecular complexity index is 701. The number of nitrogens with one attached hydrogen (secondary N) is 1. The van der Waals surface area contributed by atoms with Gasteiger partial charge in [-0.3, -0.25) is 4.79 Å². The summed E-state index contributed by atoms with van der Waals surface area (Å²) >= 11 is 3.45. The van der Waals surface area contributed by atoms with Gasteiger partial charge in [-0.15, -0.1) is 0 Å². The molecular formula is C18H20BrNO3. The first kappa shape index (κ1) is 17.3. The topological polar surface area (TPSA) is 47.6 Å². The van der Waals surface area contributed by atoms with E-state index in [2.05, 4.69) is 21.2 Å². The van der Waals surface area contributed by atoms with Gasteiger partial charge in [-0.25, -0.2) is 0 Å². The van der Waals surface area contributed by atoms with E-state index in [9.17, 15) is 4.79 Å². The van der Waals surface area contributed by atoms with Gasteiger partial charge < -0.3 is 14.8 Å². The molecule has 2 aromatic carbocycles. The summed E-state index contributed by atoms with van der Waals surface area (Å²) in [6.45, 7) is 4.60. The zero-order chi connectivity index (χ0) is 16.8. The lowest BCUT2D eigenvalue weighted by atomic mass is 10.1. The molecule has 2 rings (SSSR count). The van der Waals surface area contributed by atoms with Gasteiger partial charge in [-0.2, -0.15) is 0 Å². The Morgan fingerprint density at radius 2 is 2.04 bits per heavy atom. The van der Waals surface area contributed by atoms with E-state index >= 15 is 0 Å². The van der Waals surface area contributed by atoms with E-state index in [1.807, 2.05) is 38.1 Å². The number of halogens is 1. The first-order valence-electron chi connectivity index (χ1n) is 7.43. The predicted molar refractivity (Wildman–Crippen MR) is 95.6 cm³/mol. The molecule has 5 heteroatoms. The number of benzene rings is 2. The average Bonchev–Trinajstić information content (AvgIpc) is 2.53. The summed E-state index contributed by atoms with van der Waals surface area (Å²) in [6.07, 6.45) is 0.894. The van der Waals surface area contributed by atoms with Gasteiger partial charge in [-0.1, -0.05) is 19.1 Å². The first-order valence-corrected chi connectivity index (χ1v) is 8.22.